The molecule has 1 N–H and O–H groups in total. The van der Waals surface area contributed by atoms with Gasteiger partial charge in [-0.05, 0) is 49.7 Å². The van der Waals surface area contributed by atoms with Crippen molar-refractivity contribution < 1.29 is 14.3 Å². The summed E-state index contributed by atoms with van der Waals surface area (Å²) in [4.78, 5) is 29.4. The van der Waals surface area contributed by atoms with Crippen LogP contribution >= 0.6 is 0 Å². The number of carbonyl (C=O) groups excluding carboxylic acids is 2. The molecule has 4 aromatic rings. The monoisotopic (exact) mass is 427 g/mol. The minimum atomic E-state index is -0.207. The number of imidazole rings is 1. The Bertz CT molecular complexity index is 1240. The van der Waals surface area contributed by atoms with Crippen molar-refractivity contribution in [2.45, 2.75) is 33.3 Å². The Kier molecular flexibility index (Phi) is 6.31. The van der Waals surface area contributed by atoms with E-state index in [0.29, 0.717) is 23.6 Å². The molecule has 0 aliphatic heterocycles. The summed E-state index contributed by atoms with van der Waals surface area (Å²) in [5, 5.41) is 2.84. The Hall–Kier alpha value is -3.93. The highest BCUT2D eigenvalue weighted by molar-refractivity contribution is 6.01. The summed E-state index contributed by atoms with van der Waals surface area (Å²) in [6, 6.07) is 18.8. The molecule has 162 valence electrons. The second-order valence-corrected chi connectivity index (χ2v) is 7.80. The molecule has 32 heavy (non-hydrogen) atoms. The maximum atomic E-state index is 12.5. The standard InChI is InChI=1S/C26H25N3O3/c1-18-9-10-19(2)23(14-18)24(30)11-12-26(31)28-20-6-5-7-22(15-20)32-17-21-16-29-13-4-3-8-25(29)27-21/h3-10,13-16H,11-12,17H2,1-2H3,(H,28,31). The maximum absolute atomic E-state index is 12.5. The quantitative estimate of drug-likeness (QED) is 0.396. The summed E-state index contributed by atoms with van der Waals surface area (Å²) >= 11 is 0. The number of nitrogens with zero attached hydrogens (tertiary/aromatic N) is 2. The van der Waals surface area contributed by atoms with Crippen LogP contribution in [0.5, 0.6) is 5.75 Å². The molecule has 0 radical (unpaired) electrons. The summed E-state index contributed by atoms with van der Waals surface area (Å²) in [5.41, 5.74) is 4.94. The minimum Gasteiger partial charge on any atom is -0.487 e. The topological polar surface area (TPSA) is 72.7 Å². The van der Waals surface area contributed by atoms with Gasteiger partial charge in [-0.1, -0.05) is 29.8 Å². The van der Waals surface area contributed by atoms with Gasteiger partial charge in [-0.15, -0.1) is 0 Å². The average molecular weight is 428 g/mol. The van der Waals surface area contributed by atoms with Gasteiger partial charge in [0.2, 0.25) is 5.91 Å². The Labute approximate surface area is 186 Å². The Morgan fingerprint density at radius 2 is 1.88 bits per heavy atom. The van der Waals surface area contributed by atoms with Crippen LogP contribution in [0.2, 0.25) is 0 Å². The van der Waals surface area contributed by atoms with Gasteiger partial charge in [0.15, 0.2) is 5.78 Å². The third-order valence-electron chi connectivity index (χ3n) is 5.19. The van der Waals surface area contributed by atoms with Crippen molar-refractivity contribution in [2.24, 2.45) is 0 Å². The van der Waals surface area contributed by atoms with E-state index in [0.717, 1.165) is 22.5 Å². The van der Waals surface area contributed by atoms with Crippen LogP contribution in [0.3, 0.4) is 0 Å². The molecule has 6 nitrogen and oxygen atoms in total. The van der Waals surface area contributed by atoms with E-state index in [1.807, 2.05) is 79.2 Å². The molecule has 2 aromatic heterocycles. The van der Waals surface area contributed by atoms with Crippen molar-refractivity contribution in [2.75, 3.05) is 5.32 Å². The van der Waals surface area contributed by atoms with Crippen LogP contribution in [-0.4, -0.2) is 21.1 Å². The van der Waals surface area contributed by atoms with Crippen LogP contribution in [-0.2, 0) is 11.4 Å². The predicted octanol–water partition coefficient (Wildman–Crippen LogP) is 5.13. The number of aromatic nitrogens is 2. The smallest absolute Gasteiger partial charge is 0.224 e. The molecule has 0 aliphatic rings. The Balaban J connectivity index is 1.31. The van der Waals surface area contributed by atoms with Crippen molar-refractivity contribution in [3.8, 4) is 5.75 Å². The lowest BCUT2D eigenvalue weighted by molar-refractivity contribution is -0.116. The van der Waals surface area contributed by atoms with Gasteiger partial charge in [-0.2, -0.15) is 0 Å². The van der Waals surface area contributed by atoms with Gasteiger partial charge in [0.25, 0.3) is 0 Å². The minimum absolute atomic E-state index is 0.0223. The molecule has 4 rings (SSSR count). The highest BCUT2D eigenvalue weighted by Gasteiger charge is 2.12. The molecule has 0 bridgehead atoms. The number of carbonyl (C=O) groups is 2. The van der Waals surface area contributed by atoms with Crippen molar-refractivity contribution in [1.29, 1.82) is 0 Å². The third kappa shape index (κ3) is 5.21. The first-order valence-corrected chi connectivity index (χ1v) is 10.5. The normalized spacial score (nSPS) is 10.8. The van der Waals surface area contributed by atoms with Crippen LogP contribution in [0.4, 0.5) is 5.69 Å². The van der Waals surface area contributed by atoms with Crippen LogP contribution in [0.15, 0.2) is 73.1 Å². The van der Waals surface area contributed by atoms with E-state index in [4.69, 9.17) is 4.74 Å². The predicted molar refractivity (Wildman–Crippen MR) is 124 cm³/mol. The lowest BCUT2D eigenvalue weighted by Crippen LogP contribution is -2.14. The fraction of sp³-hybridized carbons (Fsp3) is 0.192. The van der Waals surface area contributed by atoms with E-state index >= 15 is 0 Å². The largest absolute Gasteiger partial charge is 0.487 e. The molecule has 0 fully saturated rings. The fourth-order valence-electron chi connectivity index (χ4n) is 3.50. The molecule has 0 saturated heterocycles. The number of nitrogens with one attached hydrogen (secondary N) is 1. The number of Topliss-reactive ketones (excluding diaryl/α,β-unsaturated/α-hetero) is 1. The van der Waals surface area contributed by atoms with Crippen LogP contribution in [0.25, 0.3) is 5.65 Å². The number of anilines is 1. The van der Waals surface area contributed by atoms with E-state index in [2.05, 4.69) is 10.3 Å². The fourth-order valence-corrected chi connectivity index (χ4v) is 3.50. The molecule has 1 amide bonds. The number of amides is 1. The molecule has 0 atom stereocenters. The molecule has 0 unspecified atom stereocenters. The van der Waals surface area contributed by atoms with E-state index in [1.54, 1.807) is 12.1 Å². The van der Waals surface area contributed by atoms with Crippen molar-refractivity contribution in [1.82, 2.24) is 9.38 Å². The SMILES string of the molecule is Cc1ccc(C)c(C(=O)CCC(=O)Nc2cccc(OCc3cn4ccccc4n3)c2)c1. The van der Waals surface area contributed by atoms with Crippen LogP contribution in [0, 0.1) is 13.8 Å². The zero-order valence-corrected chi connectivity index (χ0v) is 18.2. The van der Waals surface area contributed by atoms with E-state index in [9.17, 15) is 9.59 Å². The van der Waals surface area contributed by atoms with Gasteiger partial charge in [0, 0.05) is 42.6 Å². The number of aryl methyl sites for hydroxylation is 2. The average Bonchev–Trinajstić information content (AvgIpc) is 3.21. The van der Waals surface area contributed by atoms with Gasteiger partial charge in [0.1, 0.15) is 18.0 Å². The van der Waals surface area contributed by atoms with Gasteiger partial charge < -0.3 is 14.5 Å². The lowest BCUT2D eigenvalue weighted by Gasteiger charge is -2.09. The second kappa shape index (κ2) is 9.47. The summed E-state index contributed by atoms with van der Waals surface area (Å²) in [7, 11) is 0. The molecule has 6 heteroatoms. The summed E-state index contributed by atoms with van der Waals surface area (Å²) in [6.45, 7) is 4.18. The molecular weight excluding hydrogens is 402 g/mol. The molecule has 0 aliphatic carbocycles. The molecule has 0 saturated carbocycles. The zero-order chi connectivity index (χ0) is 22.5. The number of ether oxygens (including phenoxy) is 1. The molecule has 0 spiro atoms. The summed E-state index contributed by atoms with van der Waals surface area (Å²) in [6.07, 6.45) is 4.15. The Morgan fingerprint density at radius 1 is 1.00 bits per heavy atom. The second-order valence-electron chi connectivity index (χ2n) is 7.80. The highest BCUT2D eigenvalue weighted by atomic mass is 16.5. The number of hydrogen-bond donors (Lipinski definition) is 1. The number of rotatable bonds is 8. The first-order valence-electron chi connectivity index (χ1n) is 10.5. The highest BCUT2D eigenvalue weighted by Crippen LogP contribution is 2.20. The molecule has 2 heterocycles. The van der Waals surface area contributed by atoms with Crippen LogP contribution in [0.1, 0.15) is 40.0 Å². The van der Waals surface area contributed by atoms with E-state index in [1.165, 1.54) is 0 Å². The van der Waals surface area contributed by atoms with Gasteiger partial charge in [-0.25, -0.2) is 4.98 Å². The summed E-state index contributed by atoms with van der Waals surface area (Å²) in [5.74, 6) is 0.401. The number of ketones is 1. The van der Waals surface area contributed by atoms with E-state index in [-0.39, 0.29) is 24.5 Å². The van der Waals surface area contributed by atoms with Gasteiger partial charge >= 0.3 is 0 Å². The number of fused-ring (bicyclic) bond motifs is 1. The molecule has 2 aromatic carbocycles. The van der Waals surface area contributed by atoms with Gasteiger partial charge in [0.05, 0.1) is 5.69 Å². The molecular formula is C26H25N3O3. The van der Waals surface area contributed by atoms with Gasteiger partial charge in [-0.3, -0.25) is 9.59 Å². The van der Waals surface area contributed by atoms with Crippen molar-refractivity contribution in [3.05, 3.63) is 95.4 Å². The van der Waals surface area contributed by atoms with Crippen molar-refractivity contribution >= 4 is 23.0 Å². The first-order chi connectivity index (χ1) is 15.5. The maximum Gasteiger partial charge on any atom is 0.224 e. The first kappa shape index (κ1) is 21.3. The van der Waals surface area contributed by atoms with Crippen LogP contribution < -0.4 is 10.1 Å². The van der Waals surface area contributed by atoms with Crippen molar-refractivity contribution in [3.63, 3.8) is 0 Å². The van der Waals surface area contributed by atoms with E-state index < -0.39 is 0 Å². The lowest BCUT2D eigenvalue weighted by atomic mass is 9.99. The Morgan fingerprint density at radius 3 is 2.72 bits per heavy atom. The summed E-state index contributed by atoms with van der Waals surface area (Å²) < 4.78 is 7.78. The third-order valence-corrected chi connectivity index (χ3v) is 5.19. The number of pyridine rings is 1. The number of hydrogen-bond acceptors (Lipinski definition) is 4. The number of benzene rings is 2. The zero-order valence-electron chi connectivity index (χ0n) is 18.2.